The van der Waals surface area contributed by atoms with Gasteiger partial charge in [-0.05, 0) is 61.0 Å². The van der Waals surface area contributed by atoms with Gasteiger partial charge >= 0.3 is 0 Å². The Bertz CT molecular complexity index is 1300. The molecule has 1 heterocycles. The molecule has 2 amide bonds. The van der Waals surface area contributed by atoms with E-state index in [1.807, 2.05) is 31.2 Å². The molecule has 6 nitrogen and oxygen atoms in total. The van der Waals surface area contributed by atoms with E-state index >= 15 is 0 Å². The van der Waals surface area contributed by atoms with Crippen molar-refractivity contribution in [3.8, 4) is 5.75 Å². The Hall–Kier alpha value is -3.77. The molecular formula is C24H20ClN3O3. The molecule has 0 aliphatic rings. The van der Waals surface area contributed by atoms with Crippen LogP contribution in [0.15, 0.2) is 66.7 Å². The third kappa shape index (κ3) is 4.39. The number of nitrogens with one attached hydrogen (secondary N) is 3. The van der Waals surface area contributed by atoms with Crippen LogP contribution in [0.2, 0.25) is 5.02 Å². The maximum absolute atomic E-state index is 12.7. The molecule has 1 aromatic heterocycles. The summed E-state index contributed by atoms with van der Waals surface area (Å²) in [5.41, 5.74) is 3.62. The zero-order valence-electron chi connectivity index (χ0n) is 17.0. The smallest absolute Gasteiger partial charge is 0.272 e. The van der Waals surface area contributed by atoms with Crippen molar-refractivity contribution in [1.29, 1.82) is 0 Å². The van der Waals surface area contributed by atoms with Crippen LogP contribution in [-0.4, -0.2) is 23.9 Å². The number of benzene rings is 3. The van der Waals surface area contributed by atoms with Crippen LogP contribution in [0, 0.1) is 6.92 Å². The van der Waals surface area contributed by atoms with Crippen molar-refractivity contribution in [3.05, 3.63) is 88.6 Å². The molecule has 0 bridgehead atoms. The van der Waals surface area contributed by atoms with E-state index in [-0.39, 0.29) is 11.8 Å². The number of halogens is 1. The number of hydrogen-bond donors (Lipinski definition) is 3. The lowest BCUT2D eigenvalue weighted by Crippen LogP contribution is -2.15. The lowest BCUT2D eigenvalue weighted by atomic mass is 10.1. The highest BCUT2D eigenvalue weighted by Crippen LogP contribution is 2.29. The van der Waals surface area contributed by atoms with Crippen molar-refractivity contribution in [1.82, 2.24) is 4.98 Å². The number of amides is 2. The van der Waals surface area contributed by atoms with E-state index in [9.17, 15) is 9.59 Å². The summed E-state index contributed by atoms with van der Waals surface area (Å²) in [7, 11) is 1.52. The van der Waals surface area contributed by atoms with E-state index in [4.69, 9.17) is 16.3 Å². The number of aryl methyl sites for hydroxylation is 1. The molecule has 7 heteroatoms. The van der Waals surface area contributed by atoms with Gasteiger partial charge in [0.1, 0.15) is 11.4 Å². The number of carbonyl (C=O) groups is 2. The van der Waals surface area contributed by atoms with Gasteiger partial charge in [0.05, 0.1) is 12.8 Å². The second-order valence-electron chi connectivity index (χ2n) is 7.05. The number of hydrogen-bond acceptors (Lipinski definition) is 3. The second-order valence-corrected chi connectivity index (χ2v) is 7.49. The van der Waals surface area contributed by atoms with Crippen molar-refractivity contribution in [2.24, 2.45) is 0 Å². The summed E-state index contributed by atoms with van der Waals surface area (Å²) in [6.45, 7) is 1.87. The number of aromatic amines is 1. The molecule has 0 saturated carbocycles. The number of methoxy groups -OCH3 is 1. The fraction of sp³-hybridized carbons (Fsp3) is 0.0833. The van der Waals surface area contributed by atoms with Gasteiger partial charge in [-0.2, -0.15) is 0 Å². The number of anilines is 2. The van der Waals surface area contributed by atoms with Crippen LogP contribution in [0.1, 0.15) is 26.4 Å². The predicted octanol–water partition coefficient (Wildman–Crippen LogP) is 5.64. The minimum atomic E-state index is -0.311. The number of carbonyl (C=O) groups excluding carboxylic acids is 2. The summed E-state index contributed by atoms with van der Waals surface area (Å²) >= 11 is 6.02. The predicted molar refractivity (Wildman–Crippen MR) is 123 cm³/mol. The van der Waals surface area contributed by atoms with Crippen LogP contribution < -0.4 is 15.4 Å². The van der Waals surface area contributed by atoms with E-state index in [1.54, 1.807) is 42.5 Å². The first-order chi connectivity index (χ1) is 14.9. The Labute approximate surface area is 184 Å². The average molecular weight is 434 g/mol. The van der Waals surface area contributed by atoms with Crippen molar-refractivity contribution in [3.63, 3.8) is 0 Å². The Kier molecular flexibility index (Phi) is 5.64. The highest BCUT2D eigenvalue weighted by Gasteiger charge is 2.15. The third-order valence-electron chi connectivity index (χ3n) is 4.92. The van der Waals surface area contributed by atoms with Gasteiger partial charge in [0.25, 0.3) is 11.8 Å². The maximum Gasteiger partial charge on any atom is 0.272 e. The van der Waals surface area contributed by atoms with Gasteiger partial charge in [-0.15, -0.1) is 0 Å². The number of H-pyrrole nitrogens is 1. The summed E-state index contributed by atoms with van der Waals surface area (Å²) < 4.78 is 5.36. The minimum Gasteiger partial charge on any atom is -0.495 e. The van der Waals surface area contributed by atoms with Gasteiger partial charge in [0, 0.05) is 27.2 Å². The maximum atomic E-state index is 12.7. The van der Waals surface area contributed by atoms with Crippen molar-refractivity contribution < 1.29 is 14.3 Å². The fourth-order valence-corrected chi connectivity index (χ4v) is 3.51. The molecule has 4 rings (SSSR count). The summed E-state index contributed by atoms with van der Waals surface area (Å²) in [6.07, 6.45) is 0. The number of aromatic nitrogens is 1. The molecule has 0 unspecified atom stereocenters. The molecule has 0 saturated heterocycles. The van der Waals surface area contributed by atoms with E-state index in [2.05, 4.69) is 15.6 Å². The Morgan fingerprint density at radius 1 is 0.935 bits per heavy atom. The molecule has 0 spiro atoms. The summed E-state index contributed by atoms with van der Waals surface area (Å²) in [5, 5.41) is 7.15. The largest absolute Gasteiger partial charge is 0.495 e. The van der Waals surface area contributed by atoms with E-state index in [0.29, 0.717) is 33.4 Å². The first-order valence-corrected chi connectivity index (χ1v) is 9.97. The second kappa shape index (κ2) is 8.53. The summed E-state index contributed by atoms with van der Waals surface area (Å²) in [5.74, 6) is -0.0822. The zero-order chi connectivity index (χ0) is 22.0. The van der Waals surface area contributed by atoms with Crippen molar-refractivity contribution in [2.75, 3.05) is 17.7 Å². The SMILES string of the molecule is COc1ccc(NC(=O)c2cc3cc(Cl)ccc3[nH]2)cc1NC(=O)c1ccccc1C. The van der Waals surface area contributed by atoms with E-state index in [1.165, 1.54) is 7.11 Å². The van der Waals surface area contributed by atoms with Crippen LogP contribution in [0.25, 0.3) is 10.9 Å². The van der Waals surface area contributed by atoms with E-state index < -0.39 is 0 Å². The van der Waals surface area contributed by atoms with E-state index in [0.717, 1.165) is 16.5 Å². The normalized spacial score (nSPS) is 10.7. The zero-order valence-corrected chi connectivity index (χ0v) is 17.7. The average Bonchev–Trinajstić information content (AvgIpc) is 3.17. The van der Waals surface area contributed by atoms with Gasteiger partial charge in [-0.1, -0.05) is 29.8 Å². The molecule has 31 heavy (non-hydrogen) atoms. The van der Waals surface area contributed by atoms with Crippen LogP contribution in [-0.2, 0) is 0 Å². The molecule has 156 valence electrons. The Morgan fingerprint density at radius 3 is 2.52 bits per heavy atom. The monoisotopic (exact) mass is 433 g/mol. The number of fused-ring (bicyclic) bond motifs is 1. The van der Waals surface area contributed by atoms with Gasteiger partial charge < -0.3 is 20.4 Å². The lowest BCUT2D eigenvalue weighted by Gasteiger charge is -2.13. The number of ether oxygens (including phenoxy) is 1. The standard InChI is InChI=1S/C24H20ClN3O3/c1-14-5-3-4-6-18(14)23(29)28-20-13-17(8-10-22(20)31-2)26-24(30)21-12-15-11-16(25)7-9-19(15)27-21/h3-13,27H,1-2H3,(H,26,30)(H,28,29). The Morgan fingerprint density at radius 2 is 1.74 bits per heavy atom. The van der Waals surface area contributed by atoms with Crippen molar-refractivity contribution >= 4 is 45.7 Å². The van der Waals surface area contributed by atoms with Gasteiger partial charge in [-0.3, -0.25) is 9.59 Å². The lowest BCUT2D eigenvalue weighted by molar-refractivity contribution is 0.101. The first-order valence-electron chi connectivity index (χ1n) is 9.59. The van der Waals surface area contributed by atoms with Crippen LogP contribution in [0.3, 0.4) is 0 Å². The quantitative estimate of drug-likeness (QED) is 0.380. The summed E-state index contributed by atoms with van der Waals surface area (Å²) in [6, 6.07) is 19.5. The highest BCUT2D eigenvalue weighted by molar-refractivity contribution is 6.31. The molecular weight excluding hydrogens is 414 g/mol. The molecule has 0 fully saturated rings. The fourth-order valence-electron chi connectivity index (χ4n) is 3.32. The van der Waals surface area contributed by atoms with Crippen molar-refractivity contribution in [2.45, 2.75) is 6.92 Å². The van der Waals surface area contributed by atoms with Gasteiger partial charge in [0.15, 0.2) is 0 Å². The van der Waals surface area contributed by atoms with Crippen LogP contribution >= 0.6 is 11.6 Å². The minimum absolute atomic E-state index is 0.257. The summed E-state index contributed by atoms with van der Waals surface area (Å²) in [4.78, 5) is 28.5. The molecule has 3 aromatic carbocycles. The molecule has 0 atom stereocenters. The molecule has 0 aliphatic carbocycles. The topological polar surface area (TPSA) is 83.2 Å². The van der Waals surface area contributed by atoms with Crippen LogP contribution in [0.4, 0.5) is 11.4 Å². The molecule has 4 aromatic rings. The highest BCUT2D eigenvalue weighted by atomic mass is 35.5. The molecule has 0 radical (unpaired) electrons. The third-order valence-corrected chi connectivity index (χ3v) is 5.16. The first kappa shape index (κ1) is 20.5. The van der Waals surface area contributed by atoms with Gasteiger partial charge in [-0.25, -0.2) is 0 Å². The molecule has 3 N–H and O–H groups in total. The van der Waals surface area contributed by atoms with Gasteiger partial charge in [0.2, 0.25) is 0 Å². The Balaban J connectivity index is 1.57. The van der Waals surface area contributed by atoms with Crippen LogP contribution in [0.5, 0.6) is 5.75 Å². The number of rotatable bonds is 5. The molecule has 0 aliphatic heterocycles.